The van der Waals surface area contributed by atoms with Crippen LogP contribution in [0.25, 0.3) is 0 Å². The summed E-state index contributed by atoms with van der Waals surface area (Å²) in [4.78, 5) is 18.9. The standard InChI is InChI=1S/C17H21N7O.C2H6/c18-17-20-10-14(21-17)7-4-8-15-11-24(23-22-15)12-16(25)19-9-13-5-2-1-3-6-13;1-2/h1-3,5-6,10-11H,4,7-9,12H2,(H,19,25)(H3,18,20,21);1-2H3. The summed E-state index contributed by atoms with van der Waals surface area (Å²) in [5, 5.41) is 11.0. The molecular weight excluding hydrogens is 342 g/mol. The van der Waals surface area contributed by atoms with Gasteiger partial charge in [-0.3, -0.25) is 4.79 Å². The number of amides is 1. The molecular formula is C19H27N7O. The molecule has 0 aliphatic heterocycles. The molecule has 1 aromatic carbocycles. The fraction of sp³-hybridized carbons (Fsp3) is 0.368. The van der Waals surface area contributed by atoms with Crippen LogP contribution in [0.5, 0.6) is 0 Å². The van der Waals surface area contributed by atoms with Crippen LogP contribution in [0.2, 0.25) is 0 Å². The highest BCUT2D eigenvalue weighted by Gasteiger charge is 2.06. The number of nitrogen functional groups attached to an aromatic ring is 1. The van der Waals surface area contributed by atoms with Gasteiger partial charge in [-0.05, 0) is 24.8 Å². The number of benzene rings is 1. The van der Waals surface area contributed by atoms with Gasteiger partial charge in [0, 0.05) is 18.4 Å². The average Bonchev–Trinajstić information content (AvgIpc) is 3.31. The van der Waals surface area contributed by atoms with Crippen molar-refractivity contribution in [1.29, 1.82) is 0 Å². The first kappa shape index (κ1) is 20.2. The predicted octanol–water partition coefficient (Wildman–Crippen LogP) is 2.10. The molecule has 2 aromatic heterocycles. The van der Waals surface area contributed by atoms with E-state index in [1.165, 1.54) is 0 Å². The number of nitrogens with two attached hydrogens (primary N) is 1. The van der Waals surface area contributed by atoms with Crippen molar-refractivity contribution in [3.05, 3.63) is 59.7 Å². The van der Waals surface area contributed by atoms with Crippen molar-refractivity contribution in [1.82, 2.24) is 30.3 Å². The van der Waals surface area contributed by atoms with Crippen molar-refractivity contribution in [3.8, 4) is 0 Å². The molecule has 0 radical (unpaired) electrons. The zero-order valence-electron chi connectivity index (χ0n) is 15.9. The van der Waals surface area contributed by atoms with Crippen LogP contribution < -0.4 is 11.1 Å². The van der Waals surface area contributed by atoms with Crippen molar-refractivity contribution in [2.24, 2.45) is 0 Å². The lowest BCUT2D eigenvalue weighted by Crippen LogP contribution is -2.27. The van der Waals surface area contributed by atoms with Crippen molar-refractivity contribution in [2.45, 2.75) is 46.2 Å². The quantitative estimate of drug-likeness (QED) is 0.562. The van der Waals surface area contributed by atoms with Gasteiger partial charge in [0.05, 0.1) is 11.9 Å². The smallest absolute Gasteiger partial charge is 0.242 e. The van der Waals surface area contributed by atoms with Crippen LogP contribution in [0.15, 0.2) is 42.7 Å². The fourth-order valence-corrected chi connectivity index (χ4v) is 2.49. The molecule has 0 aliphatic carbocycles. The lowest BCUT2D eigenvalue weighted by molar-refractivity contribution is -0.122. The third-order valence-electron chi connectivity index (χ3n) is 3.75. The molecule has 0 spiro atoms. The van der Waals surface area contributed by atoms with Crippen molar-refractivity contribution >= 4 is 11.9 Å². The Hall–Kier alpha value is -3.16. The summed E-state index contributed by atoms with van der Waals surface area (Å²) in [6.45, 7) is 4.67. The van der Waals surface area contributed by atoms with Gasteiger partial charge in [-0.15, -0.1) is 5.10 Å². The maximum Gasteiger partial charge on any atom is 0.242 e. The lowest BCUT2D eigenvalue weighted by atomic mass is 10.2. The number of aromatic amines is 1. The first-order valence-corrected chi connectivity index (χ1v) is 9.18. The Kier molecular flexibility index (Phi) is 8.02. The minimum Gasteiger partial charge on any atom is -0.369 e. The summed E-state index contributed by atoms with van der Waals surface area (Å²) in [6.07, 6.45) is 6.08. The normalized spacial score (nSPS) is 10.1. The second-order valence-corrected chi connectivity index (χ2v) is 5.82. The number of carbonyl (C=O) groups is 1. The number of nitrogens with one attached hydrogen (secondary N) is 2. The first-order chi connectivity index (χ1) is 13.2. The van der Waals surface area contributed by atoms with Gasteiger partial charge in [0.1, 0.15) is 6.54 Å². The predicted molar refractivity (Wildman–Crippen MR) is 105 cm³/mol. The van der Waals surface area contributed by atoms with E-state index in [2.05, 4.69) is 25.6 Å². The number of H-pyrrole nitrogens is 1. The van der Waals surface area contributed by atoms with Crippen molar-refractivity contribution in [3.63, 3.8) is 0 Å². The van der Waals surface area contributed by atoms with E-state index in [9.17, 15) is 4.79 Å². The molecule has 4 N–H and O–H groups in total. The second kappa shape index (κ2) is 10.7. The van der Waals surface area contributed by atoms with Gasteiger partial charge in [0.25, 0.3) is 0 Å². The summed E-state index contributed by atoms with van der Waals surface area (Å²) < 4.78 is 1.56. The number of rotatable bonds is 8. The fourth-order valence-electron chi connectivity index (χ4n) is 2.49. The zero-order valence-corrected chi connectivity index (χ0v) is 15.9. The van der Waals surface area contributed by atoms with Crippen LogP contribution in [-0.2, 0) is 30.7 Å². The number of imidazole rings is 1. The van der Waals surface area contributed by atoms with Gasteiger partial charge < -0.3 is 16.0 Å². The Labute approximate surface area is 159 Å². The Morgan fingerprint density at radius 2 is 2.00 bits per heavy atom. The summed E-state index contributed by atoms with van der Waals surface area (Å²) in [7, 11) is 0. The third-order valence-corrected chi connectivity index (χ3v) is 3.75. The Morgan fingerprint density at radius 3 is 2.70 bits per heavy atom. The first-order valence-electron chi connectivity index (χ1n) is 9.18. The van der Waals surface area contributed by atoms with Crippen LogP contribution in [0.1, 0.15) is 37.2 Å². The zero-order chi connectivity index (χ0) is 19.5. The molecule has 144 valence electrons. The molecule has 8 heteroatoms. The summed E-state index contributed by atoms with van der Waals surface area (Å²) in [5.41, 5.74) is 8.48. The minimum atomic E-state index is -0.0896. The van der Waals surface area contributed by atoms with E-state index >= 15 is 0 Å². The number of nitrogens with zero attached hydrogens (tertiary/aromatic N) is 4. The van der Waals surface area contributed by atoms with Gasteiger partial charge in [-0.2, -0.15) is 0 Å². The van der Waals surface area contributed by atoms with Gasteiger partial charge >= 0.3 is 0 Å². The number of anilines is 1. The monoisotopic (exact) mass is 369 g/mol. The van der Waals surface area contributed by atoms with E-state index in [4.69, 9.17) is 5.73 Å². The van der Waals surface area contributed by atoms with Gasteiger partial charge in [0.2, 0.25) is 5.91 Å². The summed E-state index contributed by atoms with van der Waals surface area (Å²) in [6, 6.07) is 9.79. The van der Waals surface area contributed by atoms with Gasteiger partial charge in [0.15, 0.2) is 5.95 Å². The van der Waals surface area contributed by atoms with Crippen LogP contribution in [0.4, 0.5) is 5.95 Å². The molecule has 2 heterocycles. The number of carbonyl (C=O) groups excluding carboxylic acids is 1. The van der Waals surface area contributed by atoms with Crippen molar-refractivity contribution in [2.75, 3.05) is 5.73 Å². The Balaban J connectivity index is 0.00000126. The molecule has 1 amide bonds. The highest BCUT2D eigenvalue weighted by molar-refractivity contribution is 5.75. The molecule has 0 saturated heterocycles. The van der Waals surface area contributed by atoms with E-state index in [1.807, 2.05) is 50.4 Å². The minimum absolute atomic E-state index is 0.0896. The molecule has 0 saturated carbocycles. The molecule has 27 heavy (non-hydrogen) atoms. The van der Waals surface area contributed by atoms with E-state index in [0.29, 0.717) is 12.5 Å². The van der Waals surface area contributed by atoms with E-state index in [0.717, 1.165) is 36.2 Å². The van der Waals surface area contributed by atoms with E-state index in [1.54, 1.807) is 10.9 Å². The van der Waals surface area contributed by atoms with Gasteiger partial charge in [-0.25, -0.2) is 9.67 Å². The highest BCUT2D eigenvalue weighted by atomic mass is 16.2. The second-order valence-electron chi connectivity index (χ2n) is 5.82. The molecule has 0 atom stereocenters. The highest BCUT2D eigenvalue weighted by Crippen LogP contribution is 2.05. The Bertz CT molecular complexity index is 810. The molecule has 3 rings (SSSR count). The molecule has 3 aromatic rings. The maximum atomic E-state index is 12.0. The summed E-state index contributed by atoms with van der Waals surface area (Å²) in [5.74, 6) is 0.343. The number of hydrogen-bond donors (Lipinski definition) is 3. The Morgan fingerprint density at radius 1 is 1.22 bits per heavy atom. The third kappa shape index (κ3) is 6.93. The largest absolute Gasteiger partial charge is 0.369 e. The SMILES string of the molecule is CC.Nc1ncc(CCCc2cn(CC(=O)NCc3ccccc3)nn2)[nH]1. The van der Waals surface area contributed by atoms with Crippen LogP contribution in [-0.4, -0.2) is 30.9 Å². The summed E-state index contributed by atoms with van der Waals surface area (Å²) >= 11 is 0. The number of aromatic nitrogens is 5. The maximum absolute atomic E-state index is 12.0. The van der Waals surface area contributed by atoms with E-state index in [-0.39, 0.29) is 12.5 Å². The average molecular weight is 369 g/mol. The molecule has 0 fully saturated rings. The molecule has 0 bridgehead atoms. The topological polar surface area (TPSA) is 115 Å². The lowest BCUT2D eigenvalue weighted by Gasteiger charge is -2.04. The van der Waals surface area contributed by atoms with Crippen molar-refractivity contribution < 1.29 is 4.79 Å². The van der Waals surface area contributed by atoms with Crippen LogP contribution in [0, 0.1) is 0 Å². The number of hydrogen-bond acceptors (Lipinski definition) is 5. The van der Waals surface area contributed by atoms with Gasteiger partial charge in [-0.1, -0.05) is 49.4 Å². The number of aryl methyl sites for hydroxylation is 2. The van der Waals surface area contributed by atoms with E-state index < -0.39 is 0 Å². The van der Waals surface area contributed by atoms with Crippen LogP contribution >= 0.6 is 0 Å². The molecule has 0 aliphatic rings. The van der Waals surface area contributed by atoms with Crippen LogP contribution in [0.3, 0.4) is 0 Å². The molecule has 8 nitrogen and oxygen atoms in total. The molecule has 0 unspecified atom stereocenters.